The minimum atomic E-state index is -0.766. The first kappa shape index (κ1) is 13.1. The zero-order chi connectivity index (χ0) is 10.3. The zero-order valence-electron chi connectivity index (χ0n) is 9.91. The molecular formula is C10H26N2Si. The molecule has 3 heteroatoms. The molecule has 0 amide bonds. The Morgan fingerprint density at radius 1 is 1.15 bits per heavy atom. The second-order valence-electron chi connectivity index (χ2n) is 4.69. The van der Waals surface area contributed by atoms with Gasteiger partial charge in [-0.15, -0.1) is 0 Å². The Bertz CT molecular complexity index is 121. The Balaban J connectivity index is 3.81. The maximum atomic E-state index is 3.69. The topological polar surface area (TPSA) is 24.1 Å². The highest BCUT2D eigenvalue weighted by Gasteiger charge is 2.24. The Labute approximate surface area is 85.2 Å². The van der Waals surface area contributed by atoms with Gasteiger partial charge in [0.05, 0.1) is 0 Å². The summed E-state index contributed by atoms with van der Waals surface area (Å²) in [5, 5.41) is 3.84. The van der Waals surface area contributed by atoms with Gasteiger partial charge in [-0.25, -0.2) is 0 Å². The van der Waals surface area contributed by atoms with Crippen LogP contribution in [-0.4, -0.2) is 22.2 Å². The van der Waals surface area contributed by atoms with Crippen molar-refractivity contribution in [3.8, 4) is 0 Å². The van der Waals surface area contributed by atoms with Gasteiger partial charge in [-0.3, -0.25) is 0 Å². The number of nitrogens with one attached hydrogen (secondary N) is 2. The maximum Gasteiger partial charge on any atom is 0.115 e. The molecule has 1 atom stereocenters. The summed E-state index contributed by atoms with van der Waals surface area (Å²) >= 11 is 0. The first-order valence-corrected chi connectivity index (χ1v) is 7.43. The standard InChI is InChI=1S/C10H26N2Si/c1-6-8-13(10(3,4)5)12-9-11-7-2/h11-13H,6-9H2,1-5H3. The summed E-state index contributed by atoms with van der Waals surface area (Å²) in [6, 6.07) is 1.40. The van der Waals surface area contributed by atoms with E-state index in [4.69, 9.17) is 0 Å². The third-order valence-corrected chi connectivity index (χ3v) is 6.29. The molecule has 0 spiro atoms. The van der Waals surface area contributed by atoms with E-state index in [1.54, 1.807) is 0 Å². The normalized spacial score (nSPS) is 14.5. The maximum absolute atomic E-state index is 3.69. The number of rotatable bonds is 6. The molecule has 2 nitrogen and oxygen atoms in total. The van der Waals surface area contributed by atoms with Gasteiger partial charge in [-0.2, -0.15) is 0 Å². The van der Waals surface area contributed by atoms with Gasteiger partial charge in [-0.1, -0.05) is 41.0 Å². The quantitative estimate of drug-likeness (QED) is 0.391. The fourth-order valence-electron chi connectivity index (χ4n) is 1.45. The lowest BCUT2D eigenvalue weighted by atomic mass is 10.2. The fraction of sp³-hybridized carbons (Fsp3) is 1.00. The minimum Gasteiger partial charge on any atom is -0.327 e. The van der Waals surface area contributed by atoms with E-state index in [2.05, 4.69) is 44.9 Å². The van der Waals surface area contributed by atoms with Crippen molar-refractivity contribution >= 4 is 8.96 Å². The van der Waals surface area contributed by atoms with Gasteiger partial charge in [0, 0.05) is 6.67 Å². The lowest BCUT2D eigenvalue weighted by Gasteiger charge is -2.29. The highest BCUT2D eigenvalue weighted by Crippen LogP contribution is 2.27. The molecule has 0 saturated heterocycles. The summed E-state index contributed by atoms with van der Waals surface area (Å²) in [5.74, 6) is 0. The van der Waals surface area contributed by atoms with Crippen LogP contribution in [-0.2, 0) is 0 Å². The smallest absolute Gasteiger partial charge is 0.115 e. The monoisotopic (exact) mass is 202 g/mol. The Hall–Kier alpha value is 0.137. The molecule has 1 unspecified atom stereocenters. The third-order valence-electron chi connectivity index (χ3n) is 2.35. The van der Waals surface area contributed by atoms with Gasteiger partial charge in [0.1, 0.15) is 8.96 Å². The second kappa shape index (κ2) is 6.57. The fourth-order valence-corrected chi connectivity index (χ4v) is 4.10. The van der Waals surface area contributed by atoms with E-state index in [0.29, 0.717) is 5.04 Å². The lowest BCUT2D eigenvalue weighted by molar-refractivity contribution is 0.649. The van der Waals surface area contributed by atoms with Crippen molar-refractivity contribution in [3.05, 3.63) is 0 Å². The van der Waals surface area contributed by atoms with Crippen LogP contribution in [0.3, 0.4) is 0 Å². The van der Waals surface area contributed by atoms with E-state index >= 15 is 0 Å². The van der Waals surface area contributed by atoms with Crippen LogP contribution < -0.4 is 10.3 Å². The molecule has 0 rings (SSSR count). The van der Waals surface area contributed by atoms with E-state index in [-0.39, 0.29) is 0 Å². The third kappa shape index (κ3) is 6.24. The van der Waals surface area contributed by atoms with Crippen LogP contribution in [0.25, 0.3) is 0 Å². The van der Waals surface area contributed by atoms with Crippen LogP contribution in [0.15, 0.2) is 0 Å². The summed E-state index contributed by atoms with van der Waals surface area (Å²) in [5.41, 5.74) is 0. The van der Waals surface area contributed by atoms with Crippen LogP contribution in [0, 0.1) is 0 Å². The van der Waals surface area contributed by atoms with Crippen molar-refractivity contribution in [2.75, 3.05) is 13.2 Å². The van der Waals surface area contributed by atoms with E-state index < -0.39 is 8.96 Å². The largest absolute Gasteiger partial charge is 0.327 e. The van der Waals surface area contributed by atoms with Crippen LogP contribution in [0.2, 0.25) is 11.1 Å². The van der Waals surface area contributed by atoms with E-state index in [0.717, 1.165) is 13.2 Å². The Morgan fingerprint density at radius 2 is 1.77 bits per heavy atom. The SMILES string of the molecule is CCC[SiH](NCNCC)C(C)(C)C. The van der Waals surface area contributed by atoms with Crippen molar-refractivity contribution in [1.29, 1.82) is 0 Å². The molecular weight excluding hydrogens is 176 g/mol. The van der Waals surface area contributed by atoms with E-state index in [1.807, 2.05) is 0 Å². The van der Waals surface area contributed by atoms with Crippen molar-refractivity contribution in [2.24, 2.45) is 0 Å². The molecule has 0 saturated carbocycles. The molecule has 0 heterocycles. The van der Waals surface area contributed by atoms with E-state index in [1.165, 1.54) is 12.5 Å². The van der Waals surface area contributed by atoms with Gasteiger partial charge in [0.25, 0.3) is 0 Å². The summed E-state index contributed by atoms with van der Waals surface area (Å²) in [6.45, 7) is 13.6. The van der Waals surface area contributed by atoms with Crippen molar-refractivity contribution in [1.82, 2.24) is 10.3 Å². The van der Waals surface area contributed by atoms with Gasteiger partial charge in [0.15, 0.2) is 0 Å². The summed E-state index contributed by atoms with van der Waals surface area (Å²) in [6.07, 6.45) is 1.31. The molecule has 13 heavy (non-hydrogen) atoms. The molecule has 0 aliphatic rings. The number of hydrogen-bond donors (Lipinski definition) is 2. The molecule has 0 aliphatic heterocycles. The van der Waals surface area contributed by atoms with Crippen LogP contribution in [0.1, 0.15) is 41.0 Å². The molecule has 0 aromatic rings. The molecule has 0 fully saturated rings. The molecule has 2 N–H and O–H groups in total. The highest BCUT2D eigenvalue weighted by atomic mass is 28.3. The summed E-state index contributed by atoms with van der Waals surface area (Å²) in [4.78, 5) is 3.69. The molecule has 80 valence electrons. The lowest BCUT2D eigenvalue weighted by Crippen LogP contribution is -2.45. The van der Waals surface area contributed by atoms with E-state index in [9.17, 15) is 0 Å². The average Bonchev–Trinajstić information content (AvgIpc) is 2.01. The average molecular weight is 202 g/mol. The number of hydrogen-bond acceptors (Lipinski definition) is 2. The molecule has 0 aromatic carbocycles. The Morgan fingerprint density at radius 3 is 2.15 bits per heavy atom. The van der Waals surface area contributed by atoms with Gasteiger partial charge in [0.2, 0.25) is 0 Å². The zero-order valence-corrected chi connectivity index (χ0v) is 11.1. The van der Waals surface area contributed by atoms with Crippen molar-refractivity contribution in [3.63, 3.8) is 0 Å². The molecule has 0 bridgehead atoms. The van der Waals surface area contributed by atoms with Gasteiger partial charge in [-0.05, 0) is 17.6 Å². The molecule has 0 aromatic heterocycles. The Kier molecular flexibility index (Phi) is 6.64. The van der Waals surface area contributed by atoms with Crippen molar-refractivity contribution in [2.45, 2.75) is 52.1 Å². The van der Waals surface area contributed by atoms with Gasteiger partial charge >= 0.3 is 0 Å². The van der Waals surface area contributed by atoms with Crippen LogP contribution in [0.5, 0.6) is 0 Å². The molecule has 0 radical (unpaired) electrons. The predicted molar refractivity (Wildman–Crippen MR) is 63.6 cm³/mol. The molecule has 0 aliphatic carbocycles. The summed E-state index contributed by atoms with van der Waals surface area (Å²) in [7, 11) is -0.766. The second-order valence-corrected chi connectivity index (χ2v) is 8.51. The predicted octanol–water partition coefficient (Wildman–Crippen LogP) is 2.08. The van der Waals surface area contributed by atoms with Crippen LogP contribution >= 0.6 is 0 Å². The van der Waals surface area contributed by atoms with Crippen LogP contribution in [0.4, 0.5) is 0 Å². The summed E-state index contributed by atoms with van der Waals surface area (Å²) < 4.78 is 0. The first-order valence-electron chi connectivity index (χ1n) is 5.46. The highest BCUT2D eigenvalue weighted by molar-refractivity contribution is 6.59. The first-order chi connectivity index (χ1) is 6.02. The minimum absolute atomic E-state index is 0.505. The van der Waals surface area contributed by atoms with Gasteiger partial charge < -0.3 is 10.3 Å². The van der Waals surface area contributed by atoms with Crippen molar-refractivity contribution < 1.29 is 0 Å².